The van der Waals surface area contributed by atoms with Crippen LogP contribution in [0.3, 0.4) is 0 Å². The van der Waals surface area contributed by atoms with Crippen LogP contribution in [0.25, 0.3) is 0 Å². The normalized spacial score (nSPS) is 13.7. The summed E-state index contributed by atoms with van der Waals surface area (Å²) in [6, 6.07) is 10.4. The molecule has 0 aliphatic rings. The quantitative estimate of drug-likeness (QED) is 0.272. The third-order valence-corrected chi connectivity index (χ3v) is 6.04. The van der Waals surface area contributed by atoms with Crippen LogP contribution in [-0.2, 0) is 11.2 Å². The number of hydrogen-bond donors (Lipinski definition) is 4. The number of aliphatic hydroxyl groups excluding tert-OH is 1. The fraction of sp³-hybridized carbons (Fsp3) is 0.519. The van der Waals surface area contributed by atoms with E-state index in [9.17, 15) is 14.3 Å². The van der Waals surface area contributed by atoms with Gasteiger partial charge in [0.1, 0.15) is 5.82 Å². The molecule has 200 valence electrons. The Labute approximate surface area is 213 Å². The summed E-state index contributed by atoms with van der Waals surface area (Å²) in [6.07, 6.45) is 1.17. The van der Waals surface area contributed by atoms with Gasteiger partial charge in [0.05, 0.1) is 19.8 Å². The zero-order valence-electron chi connectivity index (χ0n) is 21.6. The van der Waals surface area contributed by atoms with Crippen molar-refractivity contribution in [1.82, 2.24) is 5.32 Å². The van der Waals surface area contributed by atoms with Crippen molar-refractivity contribution in [1.29, 1.82) is 0 Å². The van der Waals surface area contributed by atoms with Crippen LogP contribution in [0.2, 0.25) is 0 Å². The molecule has 8 nitrogen and oxygen atoms in total. The zero-order valence-corrected chi connectivity index (χ0v) is 21.6. The molecular weight excluding hydrogens is 465 g/mol. The summed E-state index contributed by atoms with van der Waals surface area (Å²) in [5.74, 6) is 1.43. The molecule has 0 aliphatic heterocycles. The maximum absolute atomic E-state index is 13.3. The first-order valence-electron chi connectivity index (χ1n) is 12.3. The molecular formula is C27H40FN3O5. The van der Waals surface area contributed by atoms with E-state index in [2.05, 4.69) is 24.5 Å². The Kier molecular flexibility index (Phi) is 12.5. The number of aliphatic hydroxyl groups is 1. The first-order chi connectivity index (χ1) is 17.2. The topological polar surface area (TPSA) is 115 Å². The summed E-state index contributed by atoms with van der Waals surface area (Å²) < 4.78 is 29.7. The minimum absolute atomic E-state index is 0.0187. The molecule has 2 rings (SSSR count). The van der Waals surface area contributed by atoms with E-state index in [1.165, 1.54) is 18.2 Å². The molecule has 0 fully saturated rings. The van der Waals surface area contributed by atoms with Gasteiger partial charge in [0.15, 0.2) is 11.5 Å². The second kappa shape index (κ2) is 15.3. The van der Waals surface area contributed by atoms with Crippen LogP contribution < -0.4 is 25.8 Å². The fourth-order valence-electron chi connectivity index (χ4n) is 3.84. The molecule has 0 spiro atoms. The van der Waals surface area contributed by atoms with Gasteiger partial charge in [-0.05, 0) is 60.6 Å². The van der Waals surface area contributed by atoms with Crippen molar-refractivity contribution in [3.05, 3.63) is 53.8 Å². The summed E-state index contributed by atoms with van der Waals surface area (Å²) in [5, 5.41) is 15.7. The maximum atomic E-state index is 13.3. The molecule has 0 aliphatic carbocycles. The number of benzene rings is 2. The van der Waals surface area contributed by atoms with E-state index in [0.717, 1.165) is 18.4 Å². The standard InChI is InChI=1S/C27H40FN3O5/c1-18(2)20(13-19-9-10-25(35-4)26(14-19)36-12-6-11-34-3)15-23(29)24(32)17-30-27(33)31-22-8-5-7-21(28)16-22/h5,7-10,14,16,18,20,23-24,32H,6,11-13,15,17,29H2,1-4H3,(H2,30,31,33)/t20-,23-,24-/m0/s1. The molecule has 0 bridgehead atoms. The molecule has 0 heterocycles. The molecule has 0 radical (unpaired) electrons. The highest BCUT2D eigenvalue weighted by molar-refractivity contribution is 5.89. The summed E-state index contributed by atoms with van der Waals surface area (Å²) in [7, 11) is 3.27. The Balaban J connectivity index is 1.91. The maximum Gasteiger partial charge on any atom is 0.319 e. The number of carbonyl (C=O) groups is 1. The second-order valence-electron chi connectivity index (χ2n) is 9.20. The smallest absolute Gasteiger partial charge is 0.319 e. The van der Waals surface area contributed by atoms with Crippen LogP contribution in [0.4, 0.5) is 14.9 Å². The molecule has 2 aromatic carbocycles. The molecule has 0 saturated heterocycles. The Bertz CT molecular complexity index is 943. The van der Waals surface area contributed by atoms with Crippen LogP contribution in [0, 0.1) is 17.7 Å². The van der Waals surface area contributed by atoms with Crippen LogP contribution >= 0.6 is 0 Å². The number of methoxy groups -OCH3 is 2. The molecule has 9 heteroatoms. The van der Waals surface area contributed by atoms with Crippen LogP contribution in [0.15, 0.2) is 42.5 Å². The Hall–Kier alpha value is -2.88. The number of ether oxygens (including phenoxy) is 3. The van der Waals surface area contributed by atoms with Crippen LogP contribution in [-0.4, -0.2) is 57.3 Å². The van der Waals surface area contributed by atoms with Crippen molar-refractivity contribution >= 4 is 11.7 Å². The van der Waals surface area contributed by atoms with Gasteiger partial charge in [-0.15, -0.1) is 0 Å². The van der Waals surface area contributed by atoms with Crippen molar-refractivity contribution < 1.29 is 28.5 Å². The van der Waals surface area contributed by atoms with Gasteiger partial charge in [-0.3, -0.25) is 0 Å². The zero-order chi connectivity index (χ0) is 26.5. The average molecular weight is 506 g/mol. The van der Waals surface area contributed by atoms with Gasteiger partial charge < -0.3 is 35.7 Å². The summed E-state index contributed by atoms with van der Waals surface area (Å²) in [4.78, 5) is 12.1. The summed E-state index contributed by atoms with van der Waals surface area (Å²) in [5.41, 5.74) is 7.73. The Morgan fingerprint density at radius 2 is 1.89 bits per heavy atom. The van der Waals surface area contributed by atoms with E-state index in [0.29, 0.717) is 42.7 Å². The number of amides is 2. The van der Waals surface area contributed by atoms with Crippen LogP contribution in [0.1, 0.15) is 32.3 Å². The lowest BCUT2D eigenvalue weighted by Crippen LogP contribution is -2.45. The first-order valence-corrected chi connectivity index (χ1v) is 12.3. The largest absolute Gasteiger partial charge is 0.493 e. The lowest BCUT2D eigenvalue weighted by molar-refractivity contribution is 0.126. The number of nitrogens with one attached hydrogen (secondary N) is 2. The molecule has 2 amide bonds. The number of rotatable bonds is 15. The van der Waals surface area contributed by atoms with E-state index >= 15 is 0 Å². The first kappa shape index (κ1) is 29.4. The van der Waals surface area contributed by atoms with E-state index in [-0.39, 0.29) is 12.5 Å². The Morgan fingerprint density at radius 1 is 1.11 bits per heavy atom. The summed E-state index contributed by atoms with van der Waals surface area (Å²) >= 11 is 0. The molecule has 3 atom stereocenters. The van der Waals surface area contributed by atoms with Gasteiger partial charge in [-0.25, -0.2) is 9.18 Å². The highest BCUT2D eigenvalue weighted by Crippen LogP contribution is 2.31. The Morgan fingerprint density at radius 3 is 2.56 bits per heavy atom. The molecule has 0 unspecified atom stereocenters. The van der Waals surface area contributed by atoms with E-state index < -0.39 is 24.0 Å². The second-order valence-corrected chi connectivity index (χ2v) is 9.20. The average Bonchev–Trinajstić information content (AvgIpc) is 2.84. The molecule has 0 aromatic heterocycles. The number of carbonyl (C=O) groups excluding carboxylic acids is 1. The third-order valence-electron chi connectivity index (χ3n) is 6.04. The number of nitrogens with two attached hydrogens (primary N) is 1. The molecule has 2 aromatic rings. The van der Waals surface area contributed by atoms with Gasteiger partial charge in [-0.2, -0.15) is 0 Å². The minimum atomic E-state index is -0.931. The highest BCUT2D eigenvalue weighted by Gasteiger charge is 2.23. The fourth-order valence-corrected chi connectivity index (χ4v) is 3.84. The van der Waals surface area contributed by atoms with Gasteiger partial charge >= 0.3 is 6.03 Å². The SMILES string of the molecule is COCCCOc1cc(C[C@@H](C[C@H](N)[C@@H](O)CNC(=O)Nc2cccc(F)c2)C(C)C)ccc1OC. The number of halogens is 1. The van der Waals surface area contributed by atoms with Gasteiger partial charge in [0.25, 0.3) is 0 Å². The number of hydrogen-bond acceptors (Lipinski definition) is 6. The van der Waals surface area contributed by atoms with Crippen LogP contribution in [0.5, 0.6) is 11.5 Å². The molecule has 0 saturated carbocycles. The van der Waals surface area contributed by atoms with Gasteiger partial charge in [-0.1, -0.05) is 26.0 Å². The minimum Gasteiger partial charge on any atom is -0.493 e. The monoisotopic (exact) mass is 505 g/mol. The van der Waals surface area contributed by atoms with E-state index in [1.807, 2.05) is 18.2 Å². The lowest BCUT2D eigenvalue weighted by Gasteiger charge is -2.27. The molecule has 5 N–H and O–H groups in total. The van der Waals surface area contributed by atoms with E-state index in [4.69, 9.17) is 19.9 Å². The third kappa shape index (κ3) is 10.0. The van der Waals surface area contributed by atoms with Crippen molar-refractivity contribution in [2.45, 2.75) is 45.3 Å². The molecule has 36 heavy (non-hydrogen) atoms. The highest BCUT2D eigenvalue weighted by atomic mass is 19.1. The summed E-state index contributed by atoms with van der Waals surface area (Å²) in [6.45, 7) is 5.38. The number of anilines is 1. The predicted molar refractivity (Wildman–Crippen MR) is 139 cm³/mol. The van der Waals surface area contributed by atoms with Crippen molar-refractivity contribution in [3.63, 3.8) is 0 Å². The number of urea groups is 1. The predicted octanol–water partition coefficient (Wildman–Crippen LogP) is 3.96. The van der Waals surface area contributed by atoms with Gasteiger partial charge in [0, 0.05) is 38.4 Å². The lowest BCUT2D eigenvalue weighted by atomic mass is 9.83. The van der Waals surface area contributed by atoms with Gasteiger partial charge in [0.2, 0.25) is 0 Å². The van der Waals surface area contributed by atoms with Crippen molar-refractivity contribution in [3.8, 4) is 11.5 Å². The van der Waals surface area contributed by atoms with Crippen molar-refractivity contribution in [2.24, 2.45) is 17.6 Å². The van der Waals surface area contributed by atoms with Crippen molar-refractivity contribution in [2.75, 3.05) is 39.3 Å². The van der Waals surface area contributed by atoms with E-state index in [1.54, 1.807) is 20.3 Å².